The van der Waals surface area contributed by atoms with Crippen LogP contribution in [0.25, 0.3) is 0 Å². The van der Waals surface area contributed by atoms with Crippen LogP contribution in [0.5, 0.6) is 0 Å². The molecule has 1 aromatic heterocycles. The number of nitrogens with zero attached hydrogens (tertiary/aromatic N) is 3. The molecule has 2 aromatic rings. The minimum absolute atomic E-state index is 0.0620. The Morgan fingerprint density at radius 2 is 2.00 bits per heavy atom. The Kier molecular flexibility index (Phi) is 5.66. The van der Waals surface area contributed by atoms with E-state index in [1.54, 1.807) is 17.9 Å². The maximum absolute atomic E-state index is 13.3. The molecule has 0 bridgehead atoms. The van der Waals surface area contributed by atoms with Gasteiger partial charge in [-0.2, -0.15) is 18.4 Å². The van der Waals surface area contributed by atoms with E-state index in [-0.39, 0.29) is 16.6 Å². The van der Waals surface area contributed by atoms with Crippen LogP contribution in [-0.2, 0) is 23.9 Å². The van der Waals surface area contributed by atoms with Crippen molar-refractivity contribution in [3.63, 3.8) is 0 Å². The molecule has 3 rings (SSSR count). The van der Waals surface area contributed by atoms with Crippen LogP contribution >= 0.6 is 11.8 Å². The Hall–Kier alpha value is -2.53. The van der Waals surface area contributed by atoms with Crippen LogP contribution in [0, 0.1) is 18.3 Å². The standard InChI is InChI=1S/C20H18F3N3OS/c1-12-9-17(20(21,22)23)16(10-24)18(25-12)28-13(2)19(27)26-8-7-14-5-3-4-6-15(14)11-26/h3-6,9,13H,7-8,11H2,1-2H3. The molecule has 1 amide bonds. The zero-order valence-electron chi connectivity index (χ0n) is 15.4. The summed E-state index contributed by atoms with van der Waals surface area (Å²) in [4.78, 5) is 18.6. The molecule has 2 heterocycles. The molecular weight excluding hydrogens is 387 g/mol. The zero-order valence-corrected chi connectivity index (χ0v) is 16.2. The third-order valence-corrected chi connectivity index (χ3v) is 5.68. The Morgan fingerprint density at radius 1 is 1.32 bits per heavy atom. The van der Waals surface area contributed by atoms with E-state index in [2.05, 4.69) is 4.98 Å². The third-order valence-electron chi connectivity index (χ3n) is 4.61. The van der Waals surface area contributed by atoms with Gasteiger partial charge in [0.2, 0.25) is 5.91 Å². The number of amides is 1. The number of carbonyl (C=O) groups is 1. The number of carbonyl (C=O) groups excluding carboxylic acids is 1. The summed E-state index contributed by atoms with van der Waals surface area (Å²) in [5, 5.41) is 8.54. The highest BCUT2D eigenvalue weighted by molar-refractivity contribution is 8.00. The first kappa shape index (κ1) is 20.2. The van der Waals surface area contributed by atoms with E-state index in [0.717, 1.165) is 29.8 Å². The number of nitriles is 1. The summed E-state index contributed by atoms with van der Waals surface area (Å²) in [6.45, 7) is 4.10. The second kappa shape index (κ2) is 7.84. The van der Waals surface area contributed by atoms with Gasteiger partial charge in [-0.1, -0.05) is 36.0 Å². The summed E-state index contributed by atoms with van der Waals surface area (Å²) < 4.78 is 39.8. The van der Waals surface area contributed by atoms with Crippen molar-refractivity contribution in [3.8, 4) is 6.07 Å². The lowest BCUT2D eigenvalue weighted by Crippen LogP contribution is -2.40. The Morgan fingerprint density at radius 3 is 2.64 bits per heavy atom. The topological polar surface area (TPSA) is 57.0 Å². The largest absolute Gasteiger partial charge is 0.417 e. The summed E-state index contributed by atoms with van der Waals surface area (Å²) in [6.07, 6.45) is -3.92. The van der Waals surface area contributed by atoms with Crippen LogP contribution in [0.15, 0.2) is 35.4 Å². The van der Waals surface area contributed by atoms with Gasteiger partial charge >= 0.3 is 6.18 Å². The molecule has 1 aromatic carbocycles. The highest BCUT2D eigenvalue weighted by atomic mass is 32.2. The Bertz CT molecular complexity index is 953. The van der Waals surface area contributed by atoms with Gasteiger partial charge in [0.1, 0.15) is 11.1 Å². The average Bonchev–Trinajstić information content (AvgIpc) is 2.65. The average molecular weight is 405 g/mol. The third kappa shape index (κ3) is 4.14. The van der Waals surface area contributed by atoms with Gasteiger partial charge in [0, 0.05) is 18.8 Å². The number of hydrogen-bond acceptors (Lipinski definition) is 4. The Labute approximate surface area is 165 Å². The highest BCUT2D eigenvalue weighted by Crippen LogP contribution is 2.37. The summed E-state index contributed by atoms with van der Waals surface area (Å²) in [5.41, 5.74) is 0.877. The number of benzene rings is 1. The van der Waals surface area contributed by atoms with Crippen LogP contribution in [0.3, 0.4) is 0 Å². The molecule has 1 unspecified atom stereocenters. The summed E-state index contributed by atoms with van der Waals surface area (Å²) >= 11 is 0.897. The molecule has 1 atom stereocenters. The number of thioether (sulfide) groups is 1. The quantitative estimate of drug-likeness (QED) is 0.713. The van der Waals surface area contributed by atoms with Crippen molar-refractivity contribution in [2.24, 2.45) is 0 Å². The molecule has 1 aliphatic heterocycles. The summed E-state index contributed by atoms with van der Waals surface area (Å²) in [5.74, 6) is -0.180. The number of pyridine rings is 1. The van der Waals surface area contributed by atoms with E-state index in [4.69, 9.17) is 0 Å². The van der Waals surface area contributed by atoms with Gasteiger partial charge in [0.15, 0.2) is 0 Å². The van der Waals surface area contributed by atoms with Crippen molar-refractivity contribution < 1.29 is 18.0 Å². The molecule has 1 aliphatic rings. The van der Waals surface area contributed by atoms with Crippen molar-refractivity contribution in [1.82, 2.24) is 9.88 Å². The summed E-state index contributed by atoms with van der Waals surface area (Å²) in [6, 6.07) is 10.3. The zero-order chi connectivity index (χ0) is 20.5. The fraction of sp³-hybridized carbons (Fsp3) is 0.350. The molecule has 146 valence electrons. The molecule has 0 saturated carbocycles. The molecule has 0 saturated heterocycles. The number of hydrogen-bond donors (Lipinski definition) is 0. The predicted molar refractivity (Wildman–Crippen MR) is 99.6 cm³/mol. The van der Waals surface area contributed by atoms with Crippen molar-refractivity contribution in [2.45, 2.75) is 43.3 Å². The van der Waals surface area contributed by atoms with E-state index in [9.17, 15) is 23.2 Å². The molecule has 8 heteroatoms. The molecule has 28 heavy (non-hydrogen) atoms. The van der Waals surface area contributed by atoms with Crippen LogP contribution in [0.1, 0.15) is 34.9 Å². The second-order valence-electron chi connectivity index (χ2n) is 6.64. The lowest BCUT2D eigenvalue weighted by molar-refractivity contribution is -0.138. The number of halogens is 3. The maximum atomic E-state index is 13.3. The monoisotopic (exact) mass is 405 g/mol. The smallest absolute Gasteiger partial charge is 0.337 e. The van der Waals surface area contributed by atoms with E-state index >= 15 is 0 Å². The minimum atomic E-state index is -4.65. The van der Waals surface area contributed by atoms with Gasteiger partial charge in [0.05, 0.1) is 16.4 Å². The predicted octanol–water partition coefficient (Wildman–Crippen LogP) is 4.35. The van der Waals surface area contributed by atoms with Crippen molar-refractivity contribution in [1.29, 1.82) is 5.26 Å². The second-order valence-corrected chi connectivity index (χ2v) is 7.97. The molecule has 0 spiro atoms. The van der Waals surface area contributed by atoms with Crippen molar-refractivity contribution >= 4 is 17.7 Å². The van der Waals surface area contributed by atoms with Gasteiger partial charge in [-0.25, -0.2) is 4.98 Å². The van der Waals surface area contributed by atoms with Crippen LogP contribution in [-0.4, -0.2) is 27.6 Å². The van der Waals surface area contributed by atoms with Crippen molar-refractivity contribution in [3.05, 3.63) is 58.3 Å². The van der Waals surface area contributed by atoms with Crippen LogP contribution in [0.4, 0.5) is 13.2 Å². The number of aromatic nitrogens is 1. The van der Waals surface area contributed by atoms with Gasteiger partial charge in [-0.15, -0.1) is 0 Å². The molecular formula is C20H18F3N3OS. The maximum Gasteiger partial charge on any atom is 0.417 e. The first-order valence-corrected chi connectivity index (χ1v) is 9.60. The molecule has 0 fully saturated rings. The van der Waals surface area contributed by atoms with E-state index in [0.29, 0.717) is 13.1 Å². The van der Waals surface area contributed by atoms with Crippen LogP contribution < -0.4 is 0 Å². The fourth-order valence-corrected chi connectivity index (χ4v) is 4.28. The van der Waals surface area contributed by atoms with E-state index < -0.39 is 22.6 Å². The first-order chi connectivity index (χ1) is 13.2. The van der Waals surface area contributed by atoms with Gasteiger partial charge < -0.3 is 4.90 Å². The normalized spacial score (nSPS) is 14.9. The lowest BCUT2D eigenvalue weighted by Gasteiger charge is -2.30. The van der Waals surface area contributed by atoms with Crippen LogP contribution in [0.2, 0.25) is 0 Å². The van der Waals surface area contributed by atoms with Crippen molar-refractivity contribution in [2.75, 3.05) is 6.54 Å². The summed E-state index contributed by atoms with van der Waals surface area (Å²) in [7, 11) is 0. The molecule has 4 nitrogen and oxygen atoms in total. The SMILES string of the molecule is Cc1cc(C(F)(F)F)c(C#N)c(SC(C)C(=O)N2CCc3ccccc3C2)n1. The number of alkyl halides is 3. The highest BCUT2D eigenvalue weighted by Gasteiger charge is 2.36. The van der Waals surface area contributed by atoms with E-state index in [1.807, 2.05) is 24.3 Å². The number of rotatable bonds is 3. The number of aryl methyl sites for hydroxylation is 1. The lowest BCUT2D eigenvalue weighted by atomic mass is 10.00. The van der Waals surface area contributed by atoms with Gasteiger partial charge in [0.25, 0.3) is 0 Å². The Balaban J connectivity index is 1.82. The molecule has 0 N–H and O–H groups in total. The molecule has 0 radical (unpaired) electrons. The fourth-order valence-electron chi connectivity index (χ4n) is 3.22. The first-order valence-electron chi connectivity index (χ1n) is 8.72. The van der Waals surface area contributed by atoms with Gasteiger partial charge in [-0.05, 0) is 37.5 Å². The number of fused-ring (bicyclic) bond motifs is 1. The van der Waals surface area contributed by atoms with Gasteiger partial charge in [-0.3, -0.25) is 4.79 Å². The van der Waals surface area contributed by atoms with E-state index in [1.165, 1.54) is 12.5 Å². The molecule has 0 aliphatic carbocycles. The minimum Gasteiger partial charge on any atom is -0.337 e.